The third-order valence-corrected chi connectivity index (χ3v) is 6.09. The molecule has 0 heterocycles. The van der Waals surface area contributed by atoms with Crippen LogP contribution in [0, 0.1) is 0 Å². The molecule has 1 nitrogen and oxygen atoms in total. The third-order valence-electron chi connectivity index (χ3n) is 3.25. The summed E-state index contributed by atoms with van der Waals surface area (Å²) in [6.07, 6.45) is 7.60. The van der Waals surface area contributed by atoms with Crippen LogP contribution in [0.1, 0.15) is 47.0 Å². The number of allylic oxidation sites excluding steroid dienone is 4. The first-order valence-electron chi connectivity index (χ1n) is 7.50. The average Bonchev–Trinajstić information content (AvgIpc) is 2.43. The summed E-state index contributed by atoms with van der Waals surface area (Å²) in [5.41, 5.74) is 2.76. The van der Waals surface area contributed by atoms with Crippen LogP contribution in [0.4, 0.5) is 0 Å². The van der Waals surface area contributed by atoms with Gasteiger partial charge in [-0.05, 0) is 0 Å². The van der Waals surface area contributed by atoms with Gasteiger partial charge in [0.1, 0.15) is 0 Å². The van der Waals surface area contributed by atoms with Crippen molar-refractivity contribution in [1.82, 2.24) is 0 Å². The van der Waals surface area contributed by atoms with Gasteiger partial charge in [0.2, 0.25) is 0 Å². The molecule has 0 aliphatic carbocycles. The fraction of sp³-hybridized carbons (Fsp3) is 0.421. The second-order valence-electron chi connectivity index (χ2n) is 5.64. The topological polar surface area (TPSA) is 17.1 Å². The second kappa shape index (κ2) is 9.76. The quantitative estimate of drug-likeness (QED) is 0.500. The van der Waals surface area contributed by atoms with Crippen molar-refractivity contribution >= 4 is 25.2 Å². The van der Waals surface area contributed by atoms with Gasteiger partial charge in [-0.25, -0.2) is 0 Å². The normalized spacial score (nSPS) is 12.9. The van der Waals surface area contributed by atoms with E-state index < -0.39 is 0 Å². The van der Waals surface area contributed by atoms with Crippen molar-refractivity contribution in [2.75, 3.05) is 0 Å². The number of carbonyl (C=O) groups is 1. The van der Waals surface area contributed by atoms with Crippen LogP contribution in [0.3, 0.4) is 0 Å². The molecule has 114 valence electrons. The average molecular weight is 349 g/mol. The van der Waals surface area contributed by atoms with E-state index in [1.165, 1.54) is 15.6 Å². The predicted molar refractivity (Wildman–Crippen MR) is 93.3 cm³/mol. The van der Waals surface area contributed by atoms with Crippen LogP contribution in [0.25, 0.3) is 0 Å². The van der Waals surface area contributed by atoms with E-state index in [9.17, 15) is 4.79 Å². The minimum atomic E-state index is 0.165. The zero-order valence-electron chi connectivity index (χ0n) is 13.6. The van der Waals surface area contributed by atoms with Crippen molar-refractivity contribution in [2.24, 2.45) is 0 Å². The summed E-state index contributed by atoms with van der Waals surface area (Å²) in [7, 11) is 0. The van der Waals surface area contributed by atoms with Gasteiger partial charge >= 0.3 is 135 Å². The molecule has 0 N–H and O–H groups in total. The minimum absolute atomic E-state index is 0.165. The van der Waals surface area contributed by atoms with E-state index in [0.717, 1.165) is 19.3 Å². The molecule has 0 fully saturated rings. The standard InChI is InChI=1S/C19H26OSe/c1-15(2)9-8-10-16(3)13-14-19(17(4)20)21-18-11-6-5-7-12-18/h5-7,9,11-13,19H,8,10,14H2,1-4H3/b16-13-. The molecule has 0 bridgehead atoms. The summed E-state index contributed by atoms with van der Waals surface area (Å²) >= 11 is 0.226. The molecule has 0 amide bonds. The maximum absolute atomic E-state index is 11.8. The molecule has 0 spiro atoms. The zero-order valence-corrected chi connectivity index (χ0v) is 15.3. The number of Topliss-reactive ketones (excluding diaryl/α,β-unsaturated/α-hetero) is 1. The third kappa shape index (κ3) is 8.04. The van der Waals surface area contributed by atoms with Crippen molar-refractivity contribution in [2.45, 2.75) is 51.8 Å². The summed E-state index contributed by atoms with van der Waals surface area (Å²) in [4.78, 5) is 12.0. The van der Waals surface area contributed by atoms with Crippen molar-refractivity contribution < 1.29 is 4.79 Å². The second-order valence-corrected chi connectivity index (χ2v) is 8.31. The monoisotopic (exact) mass is 350 g/mol. The van der Waals surface area contributed by atoms with Gasteiger partial charge in [0.25, 0.3) is 0 Å². The van der Waals surface area contributed by atoms with Crippen molar-refractivity contribution in [3.05, 3.63) is 53.6 Å². The van der Waals surface area contributed by atoms with E-state index in [1.807, 2.05) is 6.07 Å². The SMILES string of the molecule is CC(=O)C(C/C=C(/C)CCC=C(C)C)[Se]c1ccccc1. The van der Waals surface area contributed by atoms with Crippen LogP contribution in [-0.4, -0.2) is 20.7 Å². The molecule has 1 aromatic rings. The Bertz CT molecular complexity index is 496. The summed E-state index contributed by atoms with van der Waals surface area (Å²) in [6, 6.07) is 10.4. The van der Waals surface area contributed by atoms with Gasteiger partial charge in [-0.3, -0.25) is 0 Å². The van der Waals surface area contributed by atoms with E-state index in [1.54, 1.807) is 6.92 Å². The Balaban J connectivity index is 2.54. The van der Waals surface area contributed by atoms with Gasteiger partial charge in [-0.1, -0.05) is 0 Å². The predicted octanol–water partition coefficient (Wildman–Crippen LogP) is 4.48. The van der Waals surface area contributed by atoms with E-state index in [4.69, 9.17) is 0 Å². The van der Waals surface area contributed by atoms with Crippen LogP contribution in [-0.2, 0) is 4.79 Å². The van der Waals surface area contributed by atoms with E-state index >= 15 is 0 Å². The molecule has 0 aromatic heterocycles. The van der Waals surface area contributed by atoms with Crippen LogP contribution in [0.15, 0.2) is 53.6 Å². The molecule has 0 radical (unpaired) electrons. The molecular weight excluding hydrogens is 323 g/mol. The number of benzene rings is 1. The maximum atomic E-state index is 11.8. The van der Waals surface area contributed by atoms with Crippen molar-refractivity contribution in [3.8, 4) is 0 Å². The summed E-state index contributed by atoms with van der Waals surface area (Å²) in [5, 5.41) is 0. The fourth-order valence-corrected chi connectivity index (χ4v) is 4.06. The van der Waals surface area contributed by atoms with Gasteiger partial charge < -0.3 is 0 Å². The Morgan fingerprint density at radius 1 is 1.10 bits per heavy atom. The summed E-state index contributed by atoms with van der Waals surface area (Å²) in [5.74, 6) is 0.312. The summed E-state index contributed by atoms with van der Waals surface area (Å²) < 4.78 is 1.31. The van der Waals surface area contributed by atoms with Gasteiger partial charge in [-0.15, -0.1) is 0 Å². The van der Waals surface area contributed by atoms with Gasteiger partial charge in [0.05, 0.1) is 0 Å². The van der Waals surface area contributed by atoms with Crippen LogP contribution >= 0.6 is 0 Å². The van der Waals surface area contributed by atoms with E-state index in [0.29, 0.717) is 5.78 Å². The Hall–Kier alpha value is -1.11. The van der Waals surface area contributed by atoms with Crippen LogP contribution < -0.4 is 4.46 Å². The first-order chi connectivity index (χ1) is 9.99. The molecule has 1 aromatic carbocycles. The molecular formula is C19H26OSe. The van der Waals surface area contributed by atoms with Crippen LogP contribution in [0.2, 0.25) is 4.82 Å². The number of hydrogen-bond donors (Lipinski definition) is 0. The van der Waals surface area contributed by atoms with Crippen LogP contribution in [0.5, 0.6) is 0 Å². The Morgan fingerprint density at radius 2 is 1.76 bits per heavy atom. The Labute approximate surface area is 135 Å². The number of rotatable bonds is 8. The van der Waals surface area contributed by atoms with Crippen molar-refractivity contribution in [3.63, 3.8) is 0 Å². The molecule has 1 rings (SSSR count). The molecule has 0 aliphatic heterocycles. The molecule has 0 aliphatic rings. The molecule has 21 heavy (non-hydrogen) atoms. The number of hydrogen-bond acceptors (Lipinski definition) is 1. The Morgan fingerprint density at radius 3 is 2.33 bits per heavy atom. The zero-order chi connectivity index (χ0) is 15.7. The van der Waals surface area contributed by atoms with E-state index in [2.05, 4.69) is 57.2 Å². The number of ketones is 1. The first-order valence-corrected chi connectivity index (χ1v) is 9.34. The molecule has 0 saturated heterocycles. The van der Waals surface area contributed by atoms with E-state index in [-0.39, 0.29) is 19.8 Å². The van der Waals surface area contributed by atoms with Gasteiger partial charge in [0.15, 0.2) is 0 Å². The van der Waals surface area contributed by atoms with Gasteiger partial charge in [0, 0.05) is 0 Å². The fourth-order valence-electron chi connectivity index (χ4n) is 1.96. The first kappa shape index (κ1) is 17.9. The molecule has 1 atom stereocenters. The Kier molecular flexibility index (Phi) is 8.34. The summed E-state index contributed by atoms with van der Waals surface area (Å²) in [6.45, 7) is 8.16. The molecule has 0 saturated carbocycles. The van der Waals surface area contributed by atoms with Crippen molar-refractivity contribution in [1.29, 1.82) is 0 Å². The number of carbonyl (C=O) groups excluding carboxylic acids is 1. The molecule has 2 heteroatoms. The molecule has 1 unspecified atom stereocenters. The van der Waals surface area contributed by atoms with Gasteiger partial charge in [-0.2, -0.15) is 0 Å².